The lowest BCUT2D eigenvalue weighted by Crippen LogP contribution is -2.51. The molecule has 0 aromatic rings. The molecule has 2 unspecified atom stereocenters. The molecule has 0 aromatic carbocycles. The predicted molar refractivity (Wildman–Crippen MR) is 119 cm³/mol. The normalized spacial score (nSPS) is 13.7. The minimum Gasteiger partial charge on any atom is -0.444 e. The van der Waals surface area contributed by atoms with Crippen LogP contribution in [0.25, 0.3) is 0 Å². The van der Waals surface area contributed by atoms with E-state index >= 15 is 0 Å². The third-order valence-electron chi connectivity index (χ3n) is 3.81. The lowest BCUT2D eigenvalue weighted by Gasteiger charge is -2.24. The number of nitrogens with one attached hydrogen (secondary N) is 3. The van der Waals surface area contributed by atoms with E-state index in [4.69, 9.17) is 9.47 Å². The number of hydrogen-bond donors (Lipinski definition) is 3. The van der Waals surface area contributed by atoms with E-state index in [2.05, 4.69) is 16.0 Å². The van der Waals surface area contributed by atoms with Crippen LogP contribution < -0.4 is 16.0 Å². The van der Waals surface area contributed by atoms with Crippen LogP contribution in [0.2, 0.25) is 0 Å². The Kier molecular flexibility index (Phi) is 12.2. The Morgan fingerprint density at radius 1 is 0.871 bits per heavy atom. The van der Waals surface area contributed by atoms with Gasteiger partial charge >= 0.3 is 12.2 Å². The number of alkyl carbamates (subject to hydrolysis) is 2. The Hall–Kier alpha value is -2.32. The molecular formula is C22H41N3O6. The zero-order valence-electron chi connectivity index (χ0n) is 20.3. The van der Waals surface area contributed by atoms with Crippen LogP contribution in [-0.2, 0) is 19.1 Å². The Morgan fingerprint density at radius 2 is 1.42 bits per heavy atom. The molecule has 9 nitrogen and oxygen atoms in total. The molecule has 9 heteroatoms. The average molecular weight is 444 g/mol. The highest BCUT2D eigenvalue weighted by molar-refractivity contribution is 5.87. The van der Waals surface area contributed by atoms with Crippen molar-refractivity contribution < 1.29 is 28.7 Å². The van der Waals surface area contributed by atoms with Crippen molar-refractivity contribution in [2.24, 2.45) is 5.92 Å². The molecule has 31 heavy (non-hydrogen) atoms. The van der Waals surface area contributed by atoms with Gasteiger partial charge in [-0.2, -0.15) is 0 Å². The summed E-state index contributed by atoms with van der Waals surface area (Å²) in [6, 6.07) is -1.48. The molecular weight excluding hydrogens is 402 g/mol. The summed E-state index contributed by atoms with van der Waals surface area (Å²) in [5.74, 6) is -0.213. The first-order chi connectivity index (χ1) is 14.1. The molecule has 0 spiro atoms. The minimum atomic E-state index is -0.856. The van der Waals surface area contributed by atoms with Crippen LogP contribution in [0.5, 0.6) is 0 Å². The molecule has 0 heterocycles. The van der Waals surface area contributed by atoms with Gasteiger partial charge in [0.05, 0.1) is 6.04 Å². The number of unbranched alkanes of at least 4 members (excludes halogenated alkanes) is 1. The Morgan fingerprint density at radius 3 is 1.90 bits per heavy atom. The second-order valence-electron chi connectivity index (χ2n) is 10.0. The number of amides is 3. The summed E-state index contributed by atoms with van der Waals surface area (Å²) < 4.78 is 10.4. The maximum absolute atomic E-state index is 12.7. The number of ether oxygens (including phenoxy) is 2. The molecule has 2 atom stereocenters. The van der Waals surface area contributed by atoms with E-state index in [1.165, 1.54) is 0 Å². The van der Waals surface area contributed by atoms with E-state index in [-0.39, 0.29) is 5.92 Å². The average Bonchev–Trinajstić information content (AvgIpc) is 2.56. The van der Waals surface area contributed by atoms with Gasteiger partial charge in [-0.3, -0.25) is 4.79 Å². The molecule has 0 bridgehead atoms. The quantitative estimate of drug-likeness (QED) is 0.333. The minimum absolute atomic E-state index is 0.228. The molecule has 180 valence electrons. The predicted octanol–water partition coefficient (Wildman–Crippen LogP) is 3.30. The summed E-state index contributed by atoms with van der Waals surface area (Å²) in [5, 5.41) is 7.93. The van der Waals surface area contributed by atoms with Crippen molar-refractivity contribution in [1.82, 2.24) is 16.0 Å². The summed E-state index contributed by atoms with van der Waals surface area (Å²) in [4.78, 5) is 47.8. The summed E-state index contributed by atoms with van der Waals surface area (Å²) in [7, 11) is 0. The molecule has 0 aromatic heterocycles. The lowest BCUT2D eigenvalue weighted by molar-refractivity contribution is -0.126. The summed E-state index contributed by atoms with van der Waals surface area (Å²) in [5.41, 5.74) is -1.28. The summed E-state index contributed by atoms with van der Waals surface area (Å²) in [6.07, 6.45) is 1.47. The van der Waals surface area contributed by atoms with E-state index in [9.17, 15) is 19.2 Å². The molecule has 0 aliphatic carbocycles. The first-order valence-corrected chi connectivity index (χ1v) is 10.8. The van der Waals surface area contributed by atoms with Gasteiger partial charge in [0.25, 0.3) is 0 Å². The third-order valence-corrected chi connectivity index (χ3v) is 3.81. The van der Waals surface area contributed by atoms with Gasteiger partial charge < -0.3 is 30.2 Å². The summed E-state index contributed by atoms with van der Waals surface area (Å²) >= 11 is 0. The number of aldehydes is 1. The molecule has 0 radical (unpaired) electrons. The van der Waals surface area contributed by atoms with Gasteiger partial charge in [-0.1, -0.05) is 13.8 Å². The van der Waals surface area contributed by atoms with E-state index in [0.717, 1.165) is 0 Å². The molecule has 0 rings (SSSR count). The number of rotatable bonds is 11. The highest BCUT2D eigenvalue weighted by Gasteiger charge is 2.26. The molecule has 0 saturated carbocycles. The van der Waals surface area contributed by atoms with Crippen LogP contribution in [0.1, 0.15) is 81.1 Å². The third kappa shape index (κ3) is 16.1. The highest BCUT2D eigenvalue weighted by Crippen LogP contribution is 2.10. The monoisotopic (exact) mass is 443 g/mol. The van der Waals surface area contributed by atoms with Gasteiger partial charge in [-0.05, 0) is 73.1 Å². The summed E-state index contributed by atoms with van der Waals surface area (Å²) in [6.45, 7) is 14.8. The maximum Gasteiger partial charge on any atom is 0.408 e. The van der Waals surface area contributed by atoms with Crippen LogP contribution in [0.15, 0.2) is 0 Å². The van der Waals surface area contributed by atoms with Gasteiger partial charge in [-0.25, -0.2) is 9.59 Å². The van der Waals surface area contributed by atoms with E-state index in [1.54, 1.807) is 41.5 Å². The van der Waals surface area contributed by atoms with Gasteiger partial charge in [0, 0.05) is 6.54 Å². The van der Waals surface area contributed by atoms with Crippen molar-refractivity contribution in [3.05, 3.63) is 0 Å². The number of carbonyl (C=O) groups excluding carboxylic acids is 4. The SMILES string of the molecule is CC(C)CC(C=O)NC(=O)C(CCCCNC(=O)OC(C)(C)C)NC(=O)OC(C)(C)C. The molecule has 0 aliphatic heterocycles. The number of hydrogen-bond acceptors (Lipinski definition) is 6. The van der Waals surface area contributed by atoms with Gasteiger partial charge in [0.1, 0.15) is 23.5 Å². The smallest absolute Gasteiger partial charge is 0.408 e. The lowest BCUT2D eigenvalue weighted by atomic mass is 10.0. The first-order valence-electron chi connectivity index (χ1n) is 10.8. The van der Waals surface area contributed by atoms with Crippen molar-refractivity contribution in [3.63, 3.8) is 0 Å². The Bertz CT molecular complexity index is 593. The van der Waals surface area contributed by atoms with E-state index in [0.29, 0.717) is 38.5 Å². The van der Waals surface area contributed by atoms with Gasteiger partial charge in [0.15, 0.2) is 0 Å². The van der Waals surface area contributed by atoms with Crippen LogP contribution in [0.4, 0.5) is 9.59 Å². The van der Waals surface area contributed by atoms with Crippen LogP contribution in [0, 0.1) is 5.92 Å². The zero-order chi connectivity index (χ0) is 24.2. The molecule has 0 saturated heterocycles. The van der Waals surface area contributed by atoms with Crippen molar-refractivity contribution in [1.29, 1.82) is 0 Å². The topological polar surface area (TPSA) is 123 Å². The second-order valence-corrected chi connectivity index (χ2v) is 10.0. The van der Waals surface area contributed by atoms with E-state index in [1.807, 2.05) is 13.8 Å². The van der Waals surface area contributed by atoms with Crippen molar-refractivity contribution >= 4 is 24.4 Å². The fraction of sp³-hybridized carbons (Fsp3) is 0.818. The molecule has 0 fully saturated rings. The highest BCUT2D eigenvalue weighted by atomic mass is 16.6. The van der Waals surface area contributed by atoms with Gasteiger partial charge in [0.2, 0.25) is 5.91 Å². The molecule has 3 N–H and O–H groups in total. The van der Waals surface area contributed by atoms with Gasteiger partial charge in [-0.15, -0.1) is 0 Å². The fourth-order valence-corrected chi connectivity index (χ4v) is 2.64. The molecule has 3 amide bonds. The fourth-order valence-electron chi connectivity index (χ4n) is 2.64. The van der Waals surface area contributed by atoms with Crippen LogP contribution in [0.3, 0.4) is 0 Å². The van der Waals surface area contributed by atoms with Crippen LogP contribution in [-0.4, -0.2) is 54.2 Å². The van der Waals surface area contributed by atoms with Crippen molar-refractivity contribution in [3.8, 4) is 0 Å². The van der Waals surface area contributed by atoms with Crippen molar-refractivity contribution in [2.45, 2.75) is 104 Å². The Balaban J connectivity index is 4.80. The largest absolute Gasteiger partial charge is 0.444 e. The zero-order valence-corrected chi connectivity index (χ0v) is 20.3. The van der Waals surface area contributed by atoms with Crippen LogP contribution >= 0.6 is 0 Å². The Labute approximate surface area is 186 Å². The first kappa shape index (κ1) is 28.7. The maximum atomic E-state index is 12.7. The second kappa shape index (κ2) is 13.2. The number of carbonyl (C=O) groups is 4. The standard InChI is InChI=1S/C22H41N3O6/c1-15(2)13-16(14-26)24-18(27)17(25-20(29)31-22(6,7)8)11-9-10-12-23-19(28)30-21(3,4)5/h14-17H,9-13H2,1-8H3,(H,23,28)(H,24,27)(H,25,29). The molecule has 0 aliphatic rings. The van der Waals surface area contributed by atoms with Crippen molar-refractivity contribution in [2.75, 3.05) is 6.54 Å². The van der Waals surface area contributed by atoms with E-state index < -0.39 is 41.4 Å².